The Morgan fingerprint density at radius 2 is 2.10 bits per heavy atom. The van der Waals surface area contributed by atoms with Gasteiger partial charge in [0.05, 0.1) is 4.92 Å². The number of rotatable bonds is 6. The van der Waals surface area contributed by atoms with Crippen molar-refractivity contribution in [2.45, 2.75) is 19.5 Å². The molecule has 0 saturated heterocycles. The van der Waals surface area contributed by atoms with Crippen molar-refractivity contribution in [3.05, 3.63) is 15.8 Å². The number of anilines is 1. The van der Waals surface area contributed by atoms with E-state index < -0.39 is 41.7 Å². The molecule has 1 rings (SSSR count). The predicted octanol–water partition coefficient (Wildman–Crippen LogP) is 1.34. The van der Waals surface area contributed by atoms with Gasteiger partial charge in [0.15, 0.2) is 0 Å². The highest BCUT2D eigenvalue weighted by Gasteiger charge is 2.37. The average molecular weight is 310 g/mol. The van der Waals surface area contributed by atoms with Crippen molar-refractivity contribution in [2.24, 2.45) is 7.05 Å². The fourth-order valence-electron chi connectivity index (χ4n) is 1.92. The molecule has 0 aliphatic heterocycles. The van der Waals surface area contributed by atoms with Crippen LogP contribution in [0.4, 0.5) is 24.7 Å². The Labute approximate surface area is 116 Å². The van der Waals surface area contributed by atoms with E-state index in [2.05, 4.69) is 5.10 Å². The first-order valence-electron chi connectivity index (χ1n) is 5.80. The van der Waals surface area contributed by atoms with Crippen LogP contribution in [0.5, 0.6) is 0 Å². The van der Waals surface area contributed by atoms with Crippen LogP contribution >= 0.6 is 0 Å². The van der Waals surface area contributed by atoms with E-state index >= 15 is 0 Å². The van der Waals surface area contributed by atoms with Gasteiger partial charge in [-0.2, -0.15) is 18.3 Å². The molecule has 0 aliphatic rings. The molecule has 0 bridgehead atoms. The Hall–Kier alpha value is -2.33. The van der Waals surface area contributed by atoms with Gasteiger partial charge in [-0.1, -0.05) is 6.92 Å². The van der Waals surface area contributed by atoms with Crippen molar-refractivity contribution < 1.29 is 28.0 Å². The van der Waals surface area contributed by atoms with Crippen molar-refractivity contribution >= 4 is 17.5 Å². The molecule has 0 fully saturated rings. The Bertz CT molecular complexity index is 555. The second-order valence-electron chi connectivity index (χ2n) is 4.22. The van der Waals surface area contributed by atoms with E-state index in [0.29, 0.717) is 4.90 Å². The summed E-state index contributed by atoms with van der Waals surface area (Å²) in [5.41, 5.74) is -0.611. The number of aliphatic carboxylic acids is 1. The number of alkyl halides is 3. The van der Waals surface area contributed by atoms with Gasteiger partial charge in [-0.05, 0) is 6.42 Å². The van der Waals surface area contributed by atoms with Gasteiger partial charge in [0.1, 0.15) is 18.8 Å². The minimum atomic E-state index is -4.71. The molecule has 0 aliphatic carbocycles. The first-order valence-corrected chi connectivity index (χ1v) is 5.80. The predicted molar refractivity (Wildman–Crippen MR) is 65.1 cm³/mol. The SMILES string of the molecule is CCc1nn(C)c(N(CC(=O)O)CC(F)(F)F)c1[N+](=O)[O-]. The number of carbonyl (C=O) groups is 1. The van der Waals surface area contributed by atoms with Crippen LogP contribution in [0.15, 0.2) is 0 Å². The van der Waals surface area contributed by atoms with E-state index in [9.17, 15) is 28.1 Å². The summed E-state index contributed by atoms with van der Waals surface area (Å²) >= 11 is 0. The zero-order valence-electron chi connectivity index (χ0n) is 11.2. The molecule has 0 atom stereocenters. The summed E-state index contributed by atoms with van der Waals surface area (Å²) in [6.45, 7) is -1.09. The average Bonchev–Trinajstić information content (AvgIpc) is 2.62. The molecule has 0 radical (unpaired) electrons. The summed E-state index contributed by atoms with van der Waals surface area (Å²) in [7, 11) is 1.23. The summed E-state index contributed by atoms with van der Waals surface area (Å²) < 4.78 is 38.6. The number of aromatic nitrogens is 2. The molecule has 0 spiro atoms. The first kappa shape index (κ1) is 16.7. The topological polar surface area (TPSA) is 102 Å². The molecule has 1 aromatic heterocycles. The highest BCUT2D eigenvalue weighted by Crippen LogP contribution is 2.33. The Kier molecular flexibility index (Phi) is 4.76. The fraction of sp³-hybridized carbons (Fsp3) is 0.600. The molecule has 0 aromatic carbocycles. The van der Waals surface area contributed by atoms with Gasteiger partial charge in [0, 0.05) is 7.05 Å². The number of carboxylic acids is 1. The molecule has 11 heteroatoms. The highest BCUT2D eigenvalue weighted by molar-refractivity contribution is 5.75. The summed E-state index contributed by atoms with van der Waals surface area (Å²) in [5, 5.41) is 23.6. The first-order chi connectivity index (χ1) is 9.56. The maximum atomic E-state index is 12.6. The van der Waals surface area contributed by atoms with Gasteiger partial charge in [0.25, 0.3) is 0 Å². The van der Waals surface area contributed by atoms with Gasteiger partial charge < -0.3 is 10.0 Å². The largest absolute Gasteiger partial charge is 0.480 e. The lowest BCUT2D eigenvalue weighted by atomic mass is 10.2. The van der Waals surface area contributed by atoms with Gasteiger partial charge in [0.2, 0.25) is 5.82 Å². The standard InChI is InChI=1S/C10H13F3N4O4/c1-3-6-8(17(20)21)9(15(2)14-6)16(4-7(18)19)5-10(11,12)13/h3-5H2,1-2H3,(H,18,19). The lowest BCUT2D eigenvalue weighted by Crippen LogP contribution is -2.39. The van der Waals surface area contributed by atoms with Gasteiger partial charge >= 0.3 is 17.8 Å². The third-order valence-electron chi connectivity index (χ3n) is 2.58. The molecule has 1 heterocycles. The van der Waals surface area contributed by atoms with Crippen LogP contribution in [-0.2, 0) is 18.3 Å². The lowest BCUT2D eigenvalue weighted by molar-refractivity contribution is -0.384. The summed E-state index contributed by atoms with van der Waals surface area (Å²) in [6, 6.07) is 0. The number of nitrogens with zero attached hydrogens (tertiary/aromatic N) is 4. The smallest absolute Gasteiger partial charge is 0.405 e. The quantitative estimate of drug-likeness (QED) is 0.628. The summed E-state index contributed by atoms with van der Waals surface area (Å²) in [4.78, 5) is 21.3. The number of halogens is 3. The number of nitro groups is 1. The number of carboxylic acid groups (broad SMARTS) is 1. The van der Waals surface area contributed by atoms with Crippen molar-refractivity contribution in [2.75, 3.05) is 18.0 Å². The zero-order valence-corrected chi connectivity index (χ0v) is 11.2. The minimum Gasteiger partial charge on any atom is -0.480 e. The van der Waals surface area contributed by atoms with Crippen molar-refractivity contribution in [3.63, 3.8) is 0 Å². The molecule has 1 N–H and O–H groups in total. The van der Waals surface area contributed by atoms with Crippen LogP contribution in [0.3, 0.4) is 0 Å². The van der Waals surface area contributed by atoms with Gasteiger partial charge in [-0.3, -0.25) is 14.9 Å². The van der Waals surface area contributed by atoms with E-state index in [0.717, 1.165) is 4.68 Å². The normalized spacial score (nSPS) is 11.5. The molecule has 1 aromatic rings. The zero-order chi connectivity index (χ0) is 16.4. The molecule has 0 amide bonds. The van der Waals surface area contributed by atoms with E-state index in [4.69, 9.17) is 5.11 Å². The molecule has 8 nitrogen and oxygen atoms in total. The third kappa shape index (κ3) is 4.07. The van der Waals surface area contributed by atoms with E-state index in [1.807, 2.05) is 0 Å². The van der Waals surface area contributed by atoms with Crippen LogP contribution in [0, 0.1) is 10.1 Å². The van der Waals surface area contributed by atoms with Crippen molar-refractivity contribution in [1.82, 2.24) is 9.78 Å². The van der Waals surface area contributed by atoms with Crippen LogP contribution in [0.2, 0.25) is 0 Å². The molecule has 0 saturated carbocycles. The maximum absolute atomic E-state index is 12.6. The van der Waals surface area contributed by atoms with Crippen molar-refractivity contribution in [1.29, 1.82) is 0 Å². The van der Waals surface area contributed by atoms with E-state index in [-0.39, 0.29) is 12.1 Å². The summed E-state index contributed by atoms with van der Waals surface area (Å²) in [6.07, 6.45) is -4.57. The molecule has 0 unspecified atom stereocenters. The van der Waals surface area contributed by atoms with Crippen LogP contribution < -0.4 is 4.90 Å². The second-order valence-corrected chi connectivity index (χ2v) is 4.22. The van der Waals surface area contributed by atoms with Crippen LogP contribution in [0.25, 0.3) is 0 Å². The van der Waals surface area contributed by atoms with Crippen LogP contribution in [0.1, 0.15) is 12.6 Å². The lowest BCUT2D eigenvalue weighted by Gasteiger charge is -2.23. The second kappa shape index (κ2) is 5.97. The number of hydrogen-bond acceptors (Lipinski definition) is 5. The molecule has 118 valence electrons. The highest BCUT2D eigenvalue weighted by atomic mass is 19.4. The molecular formula is C10H13F3N4O4. The number of aryl methyl sites for hydroxylation is 2. The van der Waals surface area contributed by atoms with Gasteiger partial charge in [-0.15, -0.1) is 0 Å². The fourth-order valence-corrected chi connectivity index (χ4v) is 1.92. The number of hydrogen-bond donors (Lipinski definition) is 1. The Morgan fingerprint density at radius 1 is 1.52 bits per heavy atom. The maximum Gasteiger partial charge on any atom is 0.405 e. The monoisotopic (exact) mass is 310 g/mol. The molecular weight excluding hydrogens is 297 g/mol. The third-order valence-corrected chi connectivity index (χ3v) is 2.58. The van der Waals surface area contributed by atoms with E-state index in [1.54, 1.807) is 6.92 Å². The minimum absolute atomic E-state index is 0.00457. The summed E-state index contributed by atoms with van der Waals surface area (Å²) in [5.74, 6) is -2.01. The molecule has 21 heavy (non-hydrogen) atoms. The Balaban J connectivity index is 3.39. The van der Waals surface area contributed by atoms with Crippen LogP contribution in [-0.4, -0.2) is 45.0 Å². The van der Waals surface area contributed by atoms with Crippen molar-refractivity contribution in [3.8, 4) is 0 Å². The van der Waals surface area contributed by atoms with E-state index in [1.165, 1.54) is 7.05 Å². The van der Waals surface area contributed by atoms with Gasteiger partial charge in [-0.25, -0.2) is 4.68 Å². The Morgan fingerprint density at radius 3 is 2.48 bits per heavy atom.